The van der Waals surface area contributed by atoms with E-state index in [4.69, 9.17) is 5.11 Å². The first-order valence-electron chi connectivity index (χ1n) is 6.25. The van der Waals surface area contributed by atoms with E-state index in [1.807, 2.05) is 6.07 Å². The minimum absolute atomic E-state index is 0.0442. The minimum Gasteiger partial charge on any atom is -0.395 e. The number of hydrogen-bond donors (Lipinski definition) is 1. The predicted octanol–water partition coefficient (Wildman–Crippen LogP) is 1.75. The summed E-state index contributed by atoms with van der Waals surface area (Å²) in [6, 6.07) is 5.34. The van der Waals surface area contributed by atoms with E-state index in [2.05, 4.69) is 30.7 Å². The molecule has 0 bridgehead atoms. The molecule has 0 aromatic carbocycles. The maximum Gasteiger partial charge on any atom is 0.182 e. The van der Waals surface area contributed by atoms with E-state index in [0.29, 0.717) is 25.2 Å². The number of aliphatic hydroxyl groups is 1. The third-order valence-electron chi connectivity index (χ3n) is 2.88. The zero-order valence-corrected chi connectivity index (χ0v) is 11.4. The zero-order chi connectivity index (χ0) is 13.6. The number of rotatable bonds is 6. The van der Waals surface area contributed by atoms with Crippen LogP contribution >= 0.6 is 0 Å². The summed E-state index contributed by atoms with van der Waals surface area (Å²) < 4.78 is 0. The smallest absolute Gasteiger partial charge is 0.182 e. The molecular formula is C14H22N2O2. The van der Waals surface area contributed by atoms with Crippen molar-refractivity contribution in [3.8, 4) is 0 Å². The lowest BCUT2D eigenvalue weighted by atomic mass is 10.0. The fourth-order valence-electron chi connectivity index (χ4n) is 1.80. The van der Waals surface area contributed by atoms with Gasteiger partial charge in [0, 0.05) is 31.2 Å². The molecule has 0 fully saturated rings. The molecule has 1 heterocycles. The Labute approximate surface area is 109 Å². The molecular weight excluding hydrogens is 228 g/mol. The summed E-state index contributed by atoms with van der Waals surface area (Å²) in [4.78, 5) is 18.1. The molecule has 18 heavy (non-hydrogen) atoms. The lowest BCUT2D eigenvalue weighted by Gasteiger charge is -2.34. The molecule has 1 aromatic rings. The van der Waals surface area contributed by atoms with Crippen LogP contribution in [0, 0.1) is 0 Å². The highest BCUT2D eigenvalue weighted by Crippen LogP contribution is 2.13. The van der Waals surface area contributed by atoms with Crippen LogP contribution in [0.3, 0.4) is 0 Å². The van der Waals surface area contributed by atoms with Gasteiger partial charge in [-0.15, -0.1) is 0 Å². The van der Waals surface area contributed by atoms with Crippen LogP contribution < -0.4 is 0 Å². The molecule has 0 amide bonds. The van der Waals surface area contributed by atoms with E-state index < -0.39 is 0 Å². The van der Waals surface area contributed by atoms with Crippen molar-refractivity contribution in [3.05, 3.63) is 30.1 Å². The maximum atomic E-state index is 11.9. The number of aliphatic hydroxyl groups excluding tert-OH is 1. The molecule has 4 heteroatoms. The number of carbonyl (C=O) groups is 1. The number of hydrogen-bond acceptors (Lipinski definition) is 4. The Morgan fingerprint density at radius 1 is 1.33 bits per heavy atom. The number of Topliss-reactive ketones (excluding diaryl/α,β-unsaturated/α-hetero) is 1. The number of β-amino-alcohol motifs (C(OH)–C–C–N with tert-alkyl or cyclic N) is 1. The van der Waals surface area contributed by atoms with Crippen LogP contribution in [-0.2, 0) is 0 Å². The first-order valence-corrected chi connectivity index (χ1v) is 6.25. The number of nitrogens with zero attached hydrogens (tertiary/aromatic N) is 2. The lowest BCUT2D eigenvalue weighted by Crippen LogP contribution is -2.44. The molecule has 1 aromatic heterocycles. The van der Waals surface area contributed by atoms with E-state index in [0.717, 1.165) is 0 Å². The van der Waals surface area contributed by atoms with Crippen molar-refractivity contribution in [2.24, 2.45) is 0 Å². The Morgan fingerprint density at radius 3 is 2.56 bits per heavy atom. The number of aromatic nitrogens is 1. The average Bonchev–Trinajstić information content (AvgIpc) is 2.33. The number of pyridine rings is 1. The molecule has 100 valence electrons. The van der Waals surface area contributed by atoms with Gasteiger partial charge in [0.1, 0.15) is 5.69 Å². The summed E-state index contributed by atoms with van der Waals surface area (Å²) in [6.07, 6.45) is 2.05. The van der Waals surface area contributed by atoms with E-state index in [-0.39, 0.29) is 17.9 Å². The van der Waals surface area contributed by atoms with Crippen LogP contribution in [0.5, 0.6) is 0 Å². The van der Waals surface area contributed by atoms with Crippen molar-refractivity contribution < 1.29 is 9.90 Å². The Balaban J connectivity index is 2.55. The molecule has 0 aliphatic heterocycles. The van der Waals surface area contributed by atoms with Gasteiger partial charge in [-0.3, -0.25) is 14.7 Å². The van der Waals surface area contributed by atoms with Gasteiger partial charge in [-0.1, -0.05) is 6.07 Å². The van der Waals surface area contributed by atoms with E-state index in [9.17, 15) is 4.79 Å². The van der Waals surface area contributed by atoms with Crippen molar-refractivity contribution >= 4 is 5.78 Å². The van der Waals surface area contributed by atoms with Gasteiger partial charge in [-0.25, -0.2) is 0 Å². The van der Waals surface area contributed by atoms with E-state index in [1.54, 1.807) is 18.3 Å². The zero-order valence-electron chi connectivity index (χ0n) is 11.4. The normalized spacial score (nSPS) is 11.8. The largest absolute Gasteiger partial charge is 0.395 e. The maximum absolute atomic E-state index is 11.9. The molecule has 0 unspecified atom stereocenters. The Bertz CT molecular complexity index is 371. The van der Waals surface area contributed by atoms with Gasteiger partial charge in [-0.2, -0.15) is 0 Å². The standard InChI is InChI=1S/C14H22N2O2/c1-14(2,3)16(10-11-17)9-7-13(18)12-6-4-5-8-15-12/h4-6,8,17H,7,9-11H2,1-3H3. The van der Waals surface area contributed by atoms with Gasteiger partial charge < -0.3 is 5.11 Å². The highest BCUT2D eigenvalue weighted by Gasteiger charge is 2.21. The van der Waals surface area contributed by atoms with Gasteiger partial charge >= 0.3 is 0 Å². The first-order chi connectivity index (χ1) is 8.45. The summed E-state index contributed by atoms with van der Waals surface area (Å²) in [7, 11) is 0. The second-order valence-corrected chi connectivity index (χ2v) is 5.27. The van der Waals surface area contributed by atoms with Gasteiger partial charge in [-0.05, 0) is 32.9 Å². The Kier molecular flexibility index (Phi) is 5.44. The summed E-state index contributed by atoms with van der Waals surface area (Å²) in [5.74, 6) is 0.0442. The Hall–Kier alpha value is -1.26. The Morgan fingerprint density at radius 2 is 2.06 bits per heavy atom. The van der Waals surface area contributed by atoms with Crippen molar-refractivity contribution in [1.29, 1.82) is 0 Å². The quantitative estimate of drug-likeness (QED) is 0.781. The van der Waals surface area contributed by atoms with Crippen molar-refractivity contribution in [1.82, 2.24) is 9.88 Å². The fraction of sp³-hybridized carbons (Fsp3) is 0.571. The van der Waals surface area contributed by atoms with Crippen LogP contribution in [0.25, 0.3) is 0 Å². The first kappa shape index (κ1) is 14.8. The molecule has 4 nitrogen and oxygen atoms in total. The highest BCUT2D eigenvalue weighted by atomic mass is 16.3. The van der Waals surface area contributed by atoms with Crippen molar-refractivity contribution in [2.45, 2.75) is 32.7 Å². The van der Waals surface area contributed by atoms with Crippen LogP contribution in [0.15, 0.2) is 24.4 Å². The molecule has 0 aliphatic rings. The van der Waals surface area contributed by atoms with Gasteiger partial charge in [0.25, 0.3) is 0 Å². The monoisotopic (exact) mass is 250 g/mol. The lowest BCUT2D eigenvalue weighted by molar-refractivity contribution is 0.0849. The van der Waals surface area contributed by atoms with Crippen LogP contribution in [-0.4, -0.2) is 46.0 Å². The van der Waals surface area contributed by atoms with Gasteiger partial charge in [0.05, 0.1) is 6.61 Å². The highest BCUT2D eigenvalue weighted by molar-refractivity contribution is 5.94. The predicted molar refractivity (Wildman–Crippen MR) is 71.6 cm³/mol. The second kappa shape index (κ2) is 6.61. The molecule has 1 rings (SSSR count). The van der Waals surface area contributed by atoms with E-state index in [1.165, 1.54) is 0 Å². The molecule has 0 radical (unpaired) electrons. The third kappa shape index (κ3) is 4.55. The van der Waals surface area contributed by atoms with Crippen LogP contribution in [0.4, 0.5) is 0 Å². The fourth-order valence-corrected chi connectivity index (χ4v) is 1.80. The van der Waals surface area contributed by atoms with Gasteiger partial charge in [0.2, 0.25) is 0 Å². The summed E-state index contributed by atoms with van der Waals surface area (Å²) in [5, 5.41) is 9.04. The van der Waals surface area contributed by atoms with Crippen LogP contribution in [0.1, 0.15) is 37.7 Å². The van der Waals surface area contributed by atoms with Gasteiger partial charge in [0.15, 0.2) is 5.78 Å². The minimum atomic E-state index is -0.0485. The molecule has 0 atom stereocenters. The average molecular weight is 250 g/mol. The molecule has 1 N–H and O–H groups in total. The SMILES string of the molecule is CC(C)(C)N(CCO)CCC(=O)c1ccccn1. The van der Waals surface area contributed by atoms with E-state index >= 15 is 0 Å². The third-order valence-corrected chi connectivity index (χ3v) is 2.88. The van der Waals surface area contributed by atoms with Crippen LogP contribution in [0.2, 0.25) is 0 Å². The summed E-state index contributed by atoms with van der Waals surface area (Å²) in [5.41, 5.74) is 0.461. The number of ketones is 1. The summed E-state index contributed by atoms with van der Waals surface area (Å²) in [6.45, 7) is 7.56. The number of carbonyl (C=O) groups excluding carboxylic acids is 1. The molecule has 0 saturated heterocycles. The van der Waals surface area contributed by atoms with Crippen molar-refractivity contribution in [2.75, 3.05) is 19.7 Å². The topological polar surface area (TPSA) is 53.4 Å². The molecule has 0 spiro atoms. The molecule has 0 saturated carbocycles. The molecule has 0 aliphatic carbocycles. The van der Waals surface area contributed by atoms with Crippen molar-refractivity contribution in [3.63, 3.8) is 0 Å². The summed E-state index contributed by atoms with van der Waals surface area (Å²) >= 11 is 0. The second-order valence-electron chi connectivity index (χ2n) is 5.27.